The molecule has 1 aliphatic rings. The lowest BCUT2D eigenvalue weighted by atomic mass is 9.80. The Kier molecular flexibility index (Phi) is 4.41. The molecular weight excluding hydrogens is 222 g/mol. The summed E-state index contributed by atoms with van der Waals surface area (Å²) in [4.78, 5) is 0. The molecule has 0 bridgehead atoms. The van der Waals surface area contributed by atoms with Crippen LogP contribution in [0.3, 0.4) is 0 Å². The van der Waals surface area contributed by atoms with Crippen LogP contribution in [-0.4, -0.2) is 19.2 Å². The van der Waals surface area contributed by atoms with Crippen molar-refractivity contribution in [2.24, 2.45) is 5.92 Å². The van der Waals surface area contributed by atoms with Crippen LogP contribution in [0.25, 0.3) is 0 Å². The molecular formula is C16H25NO. The smallest absolute Gasteiger partial charge is 0.0713 e. The average Bonchev–Trinajstić information content (AvgIpc) is 2.82. The van der Waals surface area contributed by atoms with E-state index in [1.54, 1.807) is 7.11 Å². The van der Waals surface area contributed by atoms with Gasteiger partial charge in [0.2, 0.25) is 0 Å². The molecule has 2 rings (SSSR count). The zero-order valence-corrected chi connectivity index (χ0v) is 11.8. The summed E-state index contributed by atoms with van der Waals surface area (Å²) in [7, 11) is 1.74. The van der Waals surface area contributed by atoms with Crippen LogP contribution in [0, 0.1) is 5.92 Å². The Morgan fingerprint density at radius 2 is 1.89 bits per heavy atom. The van der Waals surface area contributed by atoms with E-state index < -0.39 is 0 Å². The maximum absolute atomic E-state index is 5.15. The van der Waals surface area contributed by atoms with Gasteiger partial charge in [0, 0.05) is 12.6 Å². The second kappa shape index (κ2) is 5.85. The lowest BCUT2D eigenvalue weighted by Crippen LogP contribution is -2.46. The fourth-order valence-corrected chi connectivity index (χ4v) is 2.96. The Morgan fingerprint density at radius 1 is 1.22 bits per heavy atom. The number of hydrogen-bond donors (Lipinski definition) is 1. The first-order valence-corrected chi connectivity index (χ1v) is 6.98. The van der Waals surface area contributed by atoms with Gasteiger partial charge in [-0.1, -0.05) is 38.1 Å². The molecule has 0 amide bonds. The number of methoxy groups -OCH3 is 1. The number of hydrogen-bond acceptors (Lipinski definition) is 2. The van der Waals surface area contributed by atoms with Crippen LogP contribution >= 0.6 is 0 Å². The van der Waals surface area contributed by atoms with E-state index in [-0.39, 0.29) is 0 Å². The highest BCUT2D eigenvalue weighted by molar-refractivity contribution is 5.24. The SMILES string of the molecule is COCc1ccc(CC2(C(C)C)CCCN2)cc1. The summed E-state index contributed by atoms with van der Waals surface area (Å²) >= 11 is 0. The molecule has 2 heteroatoms. The molecule has 1 aromatic carbocycles. The highest BCUT2D eigenvalue weighted by Gasteiger charge is 2.36. The molecule has 100 valence electrons. The van der Waals surface area contributed by atoms with Gasteiger partial charge in [-0.2, -0.15) is 0 Å². The number of benzene rings is 1. The highest BCUT2D eigenvalue weighted by Crippen LogP contribution is 2.31. The van der Waals surface area contributed by atoms with Gasteiger partial charge in [0.25, 0.3) is 0 Å². The van der Waals surface area contributed by atoms with Crippen molar-refractivity contribution in [1.82, 2.24) is 5.32 Å². The van der Waals surface area contributed by atoms with Crippen molar-refractivity contribution >= 4 is 0 Å². The maximum atomic E-state index is 5.15. The molecule has 1 N–H and O–H groups in total. The minimum Gasteiger partial charge on any atom is -0.380 e. The third-order valence-corrected chi connectivity index (χ3v) is 4.24. The van der Waals surface area contributed by atoms with Crippen LogP contribution in [0.15, 0.2) is 24.3 Å². The largest absolute Gasteiger partial charge is 0.380 e. The Balaban J connectivity index is 2.07. The predicted molar refractivity (Wildman–Crippen MR) is 75.7 cm³/mol. The van der Waals surface area contributed by atoms with Crippen LogP contribution < -0.4 is 5.32 Å². The predicted octanol–water partition coefficient (Wildman–Crippen LogP) is 3.15. The average molecular weight is 247 g/mol. The molecule has 0 saturated carbocycles. The molecule has 1 aromatic rings. The van der Waals surface area contributed by atoms with Crippen LogP contribution in [0.1, 0.15) is 37.8 Å². The molecule has 1 aliphatic heterocycles. The molecule has 1 unspecified atom stereocenters. The molecule has 2 nitrogen and oxygen atoms in total. The minimum absolute atomic E-state index is 0.308. The van der Waals surface area contributed by atoms with Crippen molar-refractivity contribution in [3.8, 4) is 0 Å². The van der Waals surface area contributed by atoms with Gasteiger partial charge < -0.3 is 10.1 Å². The van der Waals surface area contributed by atoms with Crippen molar-refractivity contribution < 1.29 is 4.74 Å². The van der Waals surface area contributed by atoms with Gasteiger partial charge >= 0.3 is 0 Å². The second-order valence-corrected chi connectivity index (χ2v) is 5.77. The normalized spacial score (nSPS) is 23.8. The summed E-state index contributed by atoms with van der Waals surface area (Å²) in [6, 6.07) is 8.86. The quantitative estimate of drug-likeness (QED) is 0.863. The van der Waals surface area contributed by atoms with Crippen molar-refractivity contribution in [2.45, 2.75) is 45.3 Å². The minimum atomic E-state index is 0.308. The Hall–Kier alpha value is -0.860. The monoisotopic (exact) mass is 247 g/mol. The van der Waals surface area contributed by atoms with E-state index in [1.807, 2.05) is 0 Å². The van der Waals surface area contributed by atoms with Gasteiger partial charge in [0.15, 0.2) is 0 Å². The standard InChI is InChI=1S/C16H25NO/c1-13(2)16(9-4-10-17-16)11-14-5-7-15(8-6-14)12-18-3/h5-8,13,17H,4,9-12H2,1-3H3. The van der Waals surface area contributed by atoms with Crippen molar-refractivity contribution in [3.05, 3.63) is 35.4 Å². The summed E-state index contributed by atoms with van der Waals surface area (Å²) in [6.07, 6.45) is 3.74. The fraction of sp³-hybridized carbons (Fsp3) is 0.625. The van der Waals surface area contributed by atoms with Gasteiger partial charge in [0.1, 0.15) is 0 Å². The van der Waals surface area contributed by atoms with E-state index in [4.69, 9.17) is 4.74 Å². The van der Waals surface area contributed by atoms with Gasteiger partial charge in [-0.3, -0.25) is 0 Å². The lowest BCUT2D eigenvalue weighted by molar-refractivity contribution is 0.185. The maximum Gasteiger partial charge on any atom is 0.0713 e. The number of nitrogens with one attached hydrogen (secondary N) is 1. The van der Waals surface area contributed by atoms with Crippen LogP contribution in [0.2, 0.25) is 0 Å². The van der Waals surface area contributed by atoms with Crippen molar-refractivity contribution in [3.63, 3.8) is 0 Å². The molecule has 0 aromatic heterocycles. The topological polar surface area (TPSA) is 21.3 Å². The number of rotatable bonds is 5. The zero-order chi connectivity index (χ0) is 13.0. The molecule has 0 spiro atoms. The van der Waals surface area contributed by atoms with Crippen molar-refractivity contribution in [2.75, 3.05) is 13.7 Å². The zero-order valence-electron chi connectivity index (χ0n) is 11.8. The summed E-state index contributed by atoms with van der Waals surface area (Å²) < 4.78 is 5.15. The van der Waals surface area contributed by atoms with E-state index in [9.17, 15) is 0 Å². The van der Waals surface area contributed by atoms with E-state index in [0.717, 1.165) is 6.42 Å². The molecule has 1 saturated heterocycles. The summed E-state index contributed by atoms with van der Waals surface area (Å²) in [5.41, 5.74) is 2.99. The molecule has 0 radical (unpaired) electrons. The van der Waals surface area contributed by atoms with Crippen LogP contribution in [0.4, 0.5) is 0 Å². The van der Waals surface area contributed by atoms with Gasteiger partial charge in [0.05, 0.1) is 6.61 Å². The first-order chi connectivity index (χ1) is 8.66. The van der Waals surface area contributed by atoms with E-state index in [2.05, 4.69) is 43.4 Å². The summed E-state index contributed by atoms with van der Waals surface area (Å²) in [5.74, 6) is 0.679. The van der Waals surface area contributed by atoms with Crippen LogP contribution in [-0.2, 0) is 17.8 Å². The third-order valence-electron chi connectivity index (χ3n) is 4.24. The summed E-state index contributed by atoms with van der Waals surface area (Å²) in [6.45, 7) is 6.53. The second-order valence-electron chi connectivity index (χ2n) is 5.77. The molecule has 1 fully saturated rings. The Morgan fingerprint density at radius 3 is 2.39 bits per heavy atom. The van der Waals surface area contributed by atoms with Gasteiger partial charge in [-0.15, -0.1) is 0 Å². The third kappa shape index (κ3) is 2.93. The first kappa shape index (κ1) is 13.6. The Labute approximate surface area is 111 Å². The molecule has 1 atom stereocenters. The molecule has 0 aliphatic carbocycles. The first-order valence-electron chi connectivity index (χ1n) is 6.98. The molecule has 18 heavy (non-hydrogen) atoms. The van der Waals surface area contributed by atoms with Crippen molar-refractivity contribution in [1.29, 1.82) is 0 Å². The van der Waals surface area contributed by atoms with E-state index in [0.29, 0.717) is 18.1 Å². The number of ether oxygens (including phenoxy) is 1. The molecule has 1 heterocycles. The van der Waals surface area contributed by atoms with E-state index >= 15 is 0 Å². The Bertz CT molecular complexity index is 363. The van der Waals surface area contributed by atoms with E-state index in [1.165, 1.54) is 30.5 Å². The fourth-order valence-electron chi connectivity index (χ4n) is 2.96. The van der Waals surface area contributed by atoms with Gasteiger partial charge in [-0.25, -0.2) is 0 Å². The van der Waals surface area contributed by atoms with Crippen LogP contribution in [0.5, 0.6) is 0 Å². The summed E-state index contributed by atoms with van der Waals surface area (Å²) in [5, 5.41) is 3.73. The van der Waals surface area contributed by atoms with Gasteiger partial charge in [-0.05, 0) is 42.9 Å². The highest BCUT2D eigenvalue weighted by atomic mass is 16.5. The lowest BCUT2D eigenvalue weighted by Gasteiger charge is -2.34.